The lowest BCUT2D eigenvalue weighted by Gasteiger charge is -2.07. The Morgan fingerprint density at radius 2 is 1.90 bits per heavy atom. The maximum Gasteiger partial charge on any atom is 0.321 e. The van der Waals surface area contributed by atoms with E-state index in [4.69, 9.17) is 4.74 Å². The van der Waals surface area contributed by atoms with Crippen LogP contribution in [0.4, 0.5) is 9.93 Å². The molecule has 0 unspecified atom stereocenters. The number of carbonyl (C=O) groups is 1. The van der Waals surface area contributed by atoms with Crippen molar-refractivity contribution in [3.63, 3.8) is 0 Å². The molecular weight excluding hydrogens is 398 g/mol. The summed E-state index contributed by atoms with van der Waals surface area (Å²) in [4.78, 5) is 16.6. The SMILES string of the molecule is COc1ccc(Cc2nnc(NC(=O)NCCc3cccc4cccnc34)s2)cc1. The molecule has 0 spiro atoms. The van der Waals surface area contributed by atoms with E-state index in [0.717, 1.165) is 32.8 Å². The van der Waals surface area contributed by atoms with Crippen LogP contribution < -0.4 is 15.4 Å². The number of para-hydroxylation sites is 1. The lowest BCUT2D eigenvalue weighted by atomic mass is 10.1. The third kappa shape index (κ3) is 4.90. The molecule has 0 saturated heterocycles. The van der Waals surface area contributed by atoms with E-state index >= 15 is 0 Å². The zero-order chi connectivity index (χ0) is 20.8. The summed E-state index contributed by atoms with van der Waals surface area (Å²) in [5, 5.41) is 16.2. The van der Waals surface area contributed by atoms with Crippen molar-refractivity contribution < 1.29 is 9.53 Å². The topological polar surface area (TPSA) is 89.0 Å². The van der Waals surface area contributed by atoms with Gasteiger partial charge in [0.15, 0.2) is 0 Å². The second-order valence-corrected chi connectivity index (χ2v) is 7.71. The van der Waals surface area contributed by atoms with Gasteiger partial charge in [-0.25, -0.2) is 4.79 Å². The standard InChI is InChI=1S/C22H21N5O2S/c1-29-18-9-7-15(8-10-18)14-19-26-27-22(30-19)25-21(28)24-13-11-17-5-2-4-16-6-3-12-23-20(16)17/h2-10,12H,11,13-14H2,1H3,(H2,24,25,27,28). The van der Waals surface area contributed by atoms with Crippen LogP contribution in [-0.2, 0) is 12.8 Å². The minimum absolute atomic E-state index is 0.296. The van der Waals surface area contributed by atoms with Gasteiger partial charge in [0.05, 0.1) is 12.6 Å². The van der Waals surface area contributed by atoms with Crippen LogP contribution in [0.1, 0.15) is 16.1 Å². The molecule has 0 aliphatic carbocycles. The fraction of sp³-hybridized carbons (Fsp3) is 0.182. The summed E-state index contributed by atoms with van der Waals surface area (Å²) in [6.45, 7) is 0.499. The number of urea groups is 1. The molecule has 0 aliphatic rings. The van der Waals surface area contributed by atoms with Gasteiger partial charge < -0.3 is 10.1 Å². The normalized spacial score (nSPS) is 10.7. The molecule has 30 heavy (non-hydrogen) atoms. The molecule has 0 bridgehead atoms. The Morgan fingerprint density at radius 3 is 2.73 bits per heavy atom. The van der Waals surface area contributed by atoms with Crippen molar-refractivity contribution in [1.29, 1.82) is 0 Å². The summed E-state index contributed by atoms with van der Waals surface area (Å²) in [6, 6.07) is 17.5. The summed E-state index contributed by atoms with van der Waals surface area (Å²) in [5.41, 5.74) is 3.17. The van der Waals surface area contributed by atoms with E-state index in [9.17, 15) is 4.79 Å². The van der Waals surface area contributed by atoms with Gasteiger partial charge in [-0.15, -0.1) is 10.2 Å². The number of ether oxygens (including phenoxy) is 1. The largest absolute Gasteiger partial charge is 0.497 e. The van der Waals surface area contributed by atoms with Crippen molar-refractivity contribution in [2.75, 3.05) is 19.0 Å². The Kier molecular flexibility index (Phi) is 6.14. The van der Waals surface area contributed by atoms with E-state index in [1.807, 2.05) is 54.6 Å². The highest BCUT2D eigenvalue weighted by Crippen LogP contribution is 2.20. The predicted octanol–water partition coefficient (Wildman–Crippen LogP) is 4.05. The Balaban J connectivity index is 1.28. The molecule has 2 aromatic heterocycles. The van der Waals surface area contributed by atoms with E-state index in [1.54, 1.807) is 13.3 Å². The van der Waals surface area contributed by atoms with Crippen LogP contribution in [-0.4, -0.2) is 34.9 Å². The van der Waals surface area contributed by atoms with E-state index in [2.05, 4.69) is 25.8 Å². The van der Waals surface area contributed by atoms with E-state index in [1.165, 1.54) is 11.3 Å². The first-order valence-electron chi connectivity index (χ1n) is 9.54. The number of pyridine rings is 1. The van der Waals surface area contributed by atoms with E-state index < -0.39 is 0 Å². The van der Waals surface area contributed by atoms with Crippen molar-refractivity contribution in [2.45, 2.75) is 12.8 Å². The highest BCUT2D eigenvalue weighted by Gasteiger charge is 2.09. The number of nitrogens with zero attached hydrogens (tertiary/aromatic N) is 3. The monoisotopic (exact) mass is 419 g/mol. The molecule has 152 valence electrons. The lowest BCUT2D eigenvalue weighted by molar-refractivity contribution is 0.252. The number of amides is 2. The van der Waals surface area contributed by atoms with Crippen LogP contribution in [0.25, 0.3) is 10.9 Å². The second kappa shape index (κ2) is 9.32. The number of hydrogen-bond donors (Lipinski definition) is 2. The predicted molar refractivity (Wildman–Crippen MR) is 118 cm³/mol. The first kappa shape index (κ1) is 19.8. The summed E-state index contributed by atoms with van der Waals surface area (Å²) >= 11 is 1.36. The van der Waals surface area contributed by atoms with Crippen molar-refractivity contribution in [3.8, 4) is 5.75 Å². The molecule has 0 atom stereocenters. The number of methoxy groups -OCH3 is 1. The molecule has 0 saturated carbocycles. The van der Waals surface area contributed by atoms with Gasteiger partial charge in [0.1, 0.15) is 10.8 Å². The molecular formula is C22H21N5O2S. The van der Waals surface area contributed by atoms with E-state index in [-0.39, 0.29) is 6.03 Å². The number of aromatic nitrogens is 3. The van der Waals surface area contributed by atoms with Crippen LogP contribution >= 0.6 is 11.3 Å². The average Bonchev–Trinajstić information content (AvgIpc) is 3.21. The lowest BCUT2D eigenvalue weighted by Crippen LogP contribution is -2.30. The number of anilines is 1. The van der Waals surface area contributed by atoms with Gasteiger partial charge in [0, 0.05) is 24.5 Å². The smallest absolute Gasteiger partial charge is 0.321 e. The number of rotatable bonds is 7. The molecule has 4 rings (SSSR count). The molecule has 2 heterocycles. The second-order valence-electron chi connectivity index (χ2n) is 6.65. The third-order valence-corrected chi connectivity index (χ3v) is 5.44. The van der Waals surface area contributed by atoms with Crippen LogP contribution in [0.2, 0.25) is 0 Å². The fourth-order valence-electron chi connectivity index (χ4n) is 3.11. The minimum Gasteiger partial charge on any atom is -0.497 e. The van der Waals surface area contributed by atoms with Gasteiger partial charge in [0.25, 0.3) is 0 Å². The Morgan fingerprint density at radius 1 is 1.07 bits per heavy atom. The highest BCUT2D eigenvalue weighted by atomic mass is 32.1. The molecule has 2 aromatic carbocycles. The van der Waals surface area contributed by atoms with Crippen LogP contribution in [0.5, 0.6) is 5.75 Å². The molecule has 0 fully saturated rings. The van der Waals surface area contributed by atoms with Crippen molar-refractivity contribution >= 4 is 33.4 Å². The van der Waals surface area contributed by atoms with Crippen LogP contribution in [0.3, 0.4) is 0 Å². The quantitative estimate of drug-likeness (QED) is 0.472. The van der Waals surface area contributed by atoms with Crippen LogP contribution in [0.15, 0.2) is 60.8 Å². The summed E-state index contributed by atoms with van der Waals surface area (Å²) in [6.07, 6.45) is 3.13. The zero-order valence-corrected chi connectivity index (χ0v) is 17.3. The highest BCUT2D eigenvalue weighted by molar-refractivity contribution is 7.15. The van der Waals surface area contributed by atoms with Gasteiger partial charge in [-0.2, -0.15) is 0 Å². The van der Waals surface area contributed by atoms with Gasteiger partial charge in [0.2, 0.25) is 5.13 Å². The minimum atomic E-state index is -0.296. The molecule has 7 nitrogen and oxygen atoms in total. The third-order valence-electron chi connectivity index (χ3n) is 4.60. The first-order valence-corrected chi connectivity index (χ1v) is 10.4. The molecule has 2 N–H and O–H groups in total. The molecule has 8 heteroatoms. The number of carbonyl (C=O) groups excluding carboxylic acids is 1. The van der Waals surface area contributed by atoms with Gasteiger partial charge in [-0.1, -0.05) is 47.7 Å². The van der Waals surface area contributed by atoms with Crippen molar-refractivity contribution in [3.05, 3.63) is 76.9 Å². The summed E-state index contributed by atoms with van der Waals surface area (Å²) < 4.78 is 5.17. The van der Waals surface area contributed by atoms with Gasteiger partial charge >= 0.3 is 6.03 Å². The first-order chi connectivity index (χ1) is 14.7. The number of hydrogen-bond acceptors (Lipinski definition) is 6. The average molecular weight is 420 g/mol. The van der Waals surface area contributed by atoms with Crippen molar-refractivity contribution in [1.82, 2.24) is 20.5 Å². The molecule has 4 aromatic rings. The number of benzene rings is 2. The maximum atomic E-state index is 12.2. The fourth-order valence-corrected chi connectivity index (χ4v) is 3.88. The summed E-state index contributed by atoms with van der Waals surface area (Å²) in [7, 11) is 1.64. The molecule has 0 aliphatic heterocycles. The Hall–Kier alpha value is -3.52. The number of fused-ring (bicyclic) bond motifs is 1. The molecule has 2 amide bonds. The Bertz CT molecular complexity index is 1140. The van der Waals surface area contributed by atoms with Gasteiger partial charge in [-0.05, 0) is 35.7 Å². The van der Waals surface area contributed by atoms with Crippen LogP contribution in [0, 0.1) is 0 Å². The maximum absolute atomic E-state index is 12.2. The van der Waals surface area contributed by atoms with Gasteiger partial charge in [-0.3, -0.25) is 10.3 Å². The van der Waals surface area contributed by atoms with E-state index in [0.29, 0.717) is 24.5 Å². The zero-order valence-electron chi connectivity index (χ0n) is 16.5. The van der Waals surface area contributed by atoms with Crippen molar-refractivity contribution in [2.24, 2.45) is 0 Å². The Labute approximate surface area is 178 Å². The number of nitrogens with one attached hydrogen (secondary N) is 2. The summed E-state index contributed by atoms with van der Waals surface area (Å²) in [5.74, 6) is 0.814. The molecule has 0 radical (unpaired) electrons.